The number of para-hydroxylation sites is 1. The van der Waals surface area contributed by atoms with Gasteiger partial charge in [0.1, 0.15) is 11.4 Å². The van der Waals surface area contributed by atoms with Crippen LogP contribution in [0.15, 0.2) is 54.6 Å². The SMILES string of the molecule is COc1ccc(-c2cc(C(=O)NCCN3CCCCC3)n(-c3ccccc3Cl)n2)cc1. The maximum atomic E-state index is 13.1. The molecule has 1 aliphatic rings. The number of hydrogen-bond acceptors (Lipinski definition) is 4. The number of aromatic nitrogens is 2. The topological polar surface area (TPSA) is 59.4 Å². The fraction of sp³-hybridized carbons (Fsp3) is 0.333. The van der Waals surface area contributed by atoms with E-state index in [-0.39, 0.29) is 5.91 Å². The molecule has 7 heteroatoms. The molecule has 0 aliphatic carbocycles. The summed E-state index contributed by atoms with van der Waals surface area (Å²) < 4.78 is 6.86. The van der Waals surface area contributed by atoms with Gasteiger partial charge in [-0.3, -0.25) is 4.79 Å². The molecule has 3 aromatic rings. The summed E-state index contributed by atoms with van der Waals surface area (Å²) in [5.41, 5.74) is 2.72. The van der Waals surface area contributed by atoms with Crippen LogP contribution in [-0.4, -0.2) is 53.9 Å². The van der Waals surface area contributed by atoms with E-state index in [0.29, 0.717) is 28.6 Å². The predicted octanol–water partition coefficient (Wildman–Crippen LogP) is 4.42. The third-order valence-corrected chi connectivity index (χ3v) is 5.89. The van der Waals surface area contributed by atoms with Crippen molar-refractivity contribution in [2.24, 2.45) is 0 Å². The van der Waals surface area contributed by atoms with Crippen LogP contribution in [0, 0.1) is 0 Å². The molecule has 1 N–H and O–H groups in total. The van der Waals surface area contributed by atoms with E-state index < -0.39 is 0 Å². The molecule has 1 saturated heterocycles. The van der Waals surface area contributed by atoms with Crippen LogP contribution >= 0.6 is 11.6 Å². The van der Waals surface area contributed by atoms with Gasteiger partial charge in [-0.05, 0) is 68.4 Å². The molecule has 6 nitrogen and oxygen atoms in total. The van der Waals surface area contributed by atoms with Crippen LogP contribution < -0.4 is 10.1 Å². The summed E-state index contributed by atoms with van der Waals surface area (Å²) in [5.74, 6) is 0.606. The lowest BCUT2D eigenvalue weighted by molar-refractivity contribution is 0.0939. The molecular weight excluding hydrogens is 412 g/mol. The second kappa shape index (κ2) is 9.98. The Morgan fingerprint density at radius 1 is 1.10 bits per heavy atom. The molecule has 2 heterocycles. The number of carbonyl (C=O) groups excluding carboxylic acids is 1. The highest BCUT2D eigenvalue weighted by Gasteiger charge is 2.19. The van der Waals surface area contributed by atoms with Crippen LogP contribution in [0.2, 0.25) is 5.02 Å². The summed E-state index contributed by atoms with van der Waals surface area (Å²) in [5, 5.41) is 8.30. The van der Waals surface area contributed by atoms with Crippen LogP contribution in [-0.2, 0) is 0 Å². The summed E-state index contributed by atoms with van der Waals surface area (Å²) in [6, 6.07) is 16.8. The number of nitrogens with zero attached hydrogens (tertiary/aromatic N) is 3. The first kappa shape index (κ1) is 21.4. The van der Waals surface area contributed by atoms with E-state index in [1.165, 1.54) is 19.3 Å². The van der Waals surface area contributed by atoms with Gasteiger partial charge < -0.3 is 15.0 Å². The van der Waals surface area contributed by atoms with Crippen molar-refractivity contribution in [1.29, 1.82) is 0 Å². The maximum Gasteiger partial charge on any atom is 0.270 e. The number of piperidine rings is 1. The van der Waals surface area contributed by atoms with Crippen molar-refractivity contribution in [3.05, 3.63) is 65.3 Å². The van der Waals surface area contributed by atoms with Crippen LogP contribution in [0.1, 0.15) is 29.8 Å². The number of rotatable bonds is 7. The van der Waals surface area contributed by atoms with Crippen molar-refractivity contribution in [3.8, 4) is 22.7 Å². The van der Waals surface area contributed by atoms with E-state index in [1.807, 2.05) is 42.5 Å². The monoisotopic (exact) mass is 438 g/mol. The quantitative estimate of drug-likeness (QED) is 0.593. The number of carbonyl (C=O) groups is 1. The summed E-state index contributed by atoms with van der Waals surface area (Å²) in [7, 11) is 1.63. The second-order valence-corrected chi connectivity index (χ2v) is 8.07. The van der Waals surface area contributed by atoms with Crippen molar-refractivity contribution in [3.63, 3.8) is 0 Å². The highest BCUT2D eigenvalue weighted by molar-refractivity contribution is 6.32. The van der Waals surface area contributed by atoms with Gasteiger partial charge in [0.2, 0.25) is 0 Å². The van der Waals surface area contributed by atoms with Crippen molar-refractivity contribution in [1.82, 2.24) is 20.0 Å². The number of hydrogen-bond donors (Lipinski definition) is 1. The molecular formula is C24H27ClN4O2. The minimum absolute atomic E-state index is 0.163. The van der Waals surface area contributed by atoms with Crippen molar-refractivity contribution >= 4 is 17.5 Å². The number of methoxy groups -OCH3 is 1. The molecule has 162 valence electrons. The van der Waals surface area contributed by atoms with E-state index in [9.17, 15) is 4.79 Å². The largest absolute Gasteiger partial charge is 0.497 e. The van der Waals surface area contributed by atoms with Crippen LogP contribution in [0.5, 0.6) is 5.75 Å². The van der Waals surface area contributed by atoms with Gasteiger partial charge in [-0.15, -0.1) is 0 Å². The molecule has 31 heavy (non-hydrogen) atoms. The van der Waals surface area contributed by atoms with Crippen LogP contribution in [0.3, 0.4) is 0 Å². The third-order valence-electron chi connectivity index (χ3n) is 5.57. The van der Waals surface area contributed by atoms with E-state index >= 15 is 0 Å². The molecule has 0 unspecified atom stereocenters. The maximum absolute atomic E-state index is 13.1. The van der Waals surface area contributed by atoms with Crippen molar-refractivity contribution in [2.45, 2.75) is 19.3 Å². The first-order valence-corrected chi connectivity index (χ1v) is 11.0. The molecule has 0 spiro atoms. The second-order valence-electron chi connectivity index (χ2n) is 7.66. The Labute approximate surface area is 187 Å². The molecule has 1 fully saturated rings. The summed E-state index contributed by atoms with van der Waals surface area (Å²) in [4.78, 5) is 15.5. The molecule has 1 amide bonds. The van der Waals surface area contributed by atoms with Gasteiger partial charge in [-0.1, -0.05) is 30.2 Å². The predicted molar refractivity (Wildman–Crippen MR) is 123 cm³/mol. The van der Waals surface area contributed by atoms with Gasteiger partial charge in [0.05, 0.1) is 23.5 Å². The van der Waals surface area contributed by atoms with Gasteiger partial charge >= 0.3 is 0 Å². The summed E-state index contributed by atoms with van der Waals surface area (Å²) in [6.07, 6.45) is 3.77. The first-order chi connectivity index (χ1) is 15.2. The van der Waals surface area contributed by atoms with Crippen molar-refractivity contribution < 1.29 is 9.53 Å². The fourth-order valence-corrected chi connectivity index (χ4v) is 4.07. The van der Waals surface area contributed by atoms with Gasteiger partial charge in [-0.2, -0.15) is 5.10 Å². The zero-order valence-corrected chi connectivity index (χ0v) is 18.4. The Kier molecular flexibility index (Phi) is 6.89. The van der Waals surface area contributed by atoms with Gasteiger partial charge in [0.25, 0.3) is 5.91 Å². The smallest absolute Gasteiger partial charge is 0.270 e. The molecule has 1 aliphatic heterocycles. The molecule has 1 aromatic heterocycles. The van der Waals surface area contributed by atoms with E-state index in [2.05, 4.69) is 10.2 Å². The lowest BCUT2D eigenvalue weighted by atomic mass is 10.1. The highest BCUT2D eigenvalue weighted by Crippen LogP contribution is 2.26. The Balaban J connectivity index is 1.58. The molecule has 0 atom stereocenters. The molecule has 0 bridgehead atoms. The van der Waals surface area contributed by atoms with Gasteiger partial charge in [0, 0.05) is 18.7 Å². The number of amides is 1. The van der Waals surface area contributed by atoms with E-state index in [0.717, 1.165) is 30.9 Å². The minimum atomic E-state index is -0.163. The molecule has 2 aromatic carbocycles. The minimum Gasteiger partial charge on any atom is -0.497 e. The lowest BCUT2D eigenvalue weighted by Crippen LogP contribution is -2.38. The third kappa shape index (κ3) is 5.09. The van der Waals surface area contributed by atoms with Crippen LogP contribution in [0.4, 0.5) is 0 Å². The number of halogens is 1. The van der Waals surface area contributed by atoms with Gasteiger partial charge in [-0.25, -0.2) is 4.68 Å². The summed E-state index contributed by atoms with van der Waals surface area (Å²) in [6.45, 7) is 3.67. The van der Waals surface area contributed by atoms with Crippen LogP contribution in [0.25, 0.3) is 16.9 Å². The summed E-state index contributed by atoms with van der Waals surface area (Å²) >= 11 is 6.42. The first-order valence-electron chi connectivity index (χ1n) is 10.7. The van der Waals surface area contributed by atoms with Gasteiger partial charge in [0.15, 0.2) is 0 Å². The standard InChI is InChI=1S/C24H27ClN4O2/c1-31-19-11-9-18(10-12-19)21-17-23(29(27-21)22-8-4-3-7-20(22)25)24(30)26-13-16-28-14-5-2-6-15-28/h3-4,7-12,17H,2,5-6,13-16H2,1H3,(H,26,30). The Morgan fingerprint density at radius 2 is 1.84 bits per heavy atom. The molecule has 4 rings (SSSR count). The zero-order valence-electron chi connectivity index (χ0n) is 17.7. The Hall–Kier alpha value is -2.83. The zero-order chi connectivity index (χ0) is 21.6. The highest BCUT2D eigenvalue weighted by atomic mass is 35.5. The number of benzene rings is 2. The Morgan fingerprint density at radius 3 is 2.55 bits per heavy atom. The number of ether oxygens (including phenoxy) is 1. The van der Waals surface area contributed by atoms with E-state index in [1.54, 1.807) is 23.9 Å². The normalized spacial score (nSPS) is 14.4. The molecule has 0 saturated carbocycles. The average Bonchev–Trinajstić information content (AvgIpc) is 3.25. The van der Waals surface area contributed by atoms with E-state index in [4.69, 9.17) is 21.4 Å². The van der Waals surface area contributed by atoms with Crippen molar-refractivity contribution in [2.75, 3.05) is 33.3 Å². The molecule has 0 radical (unpaired) electrons. The number of nitrogens with one attached hydrogen (secondary N) is 1. The lowest BCUT2D eigenvalue weighted by Gasteiger charge is -2.26. The number of likely N-dealkylation sites (tertiary alicyclic amines) is 1. The average molecular weight is 439 g/mol. The Bertz CT molecular complexity index is 1030. The fourth-order valence-electron chi connectivity index (χ4n) is 3.85.